The van der Waals surface area contributed by atoms with E-state index >= 15 is 0 Å². The topological polar surface area (TPSA) is 115 Å². The van der Waals surface area contributed by atoms with Gasteiger partial charge in [-0.2, -0.15) is 0 Å². The minimum Gasteiger partial charge on any atom is -0.376 e. The Morgan fingerprint density at radius 3 is 2.48 bits per heavy atom. The molecule has 0 heterocycles. The third kappa shape index (κ3) is 3.33. The van der Waals surface area contributed by atoms with Crippen molar-refractivity contribution in [1.82, 2.24) is 0 Å². The van der Waals surface area contributed by atoms with Crippen LogP contribution in [0.4, 0.5) is 11.4 Å². The molecule has 2 unspecified atom stereocenters. The molecule has 3 N–H and O–H groups in total. The van der Waals surface area contributed by atoms with Gasteiger partial charge < -0.3 is 5.32 Å². The van der Waals surface area contributed by atoms with E-state index in [0.717, 1.165) is 12.5 Å². The molecule has 23 heavy (non-hydrogen) atoms. The average Bonchev–Trinajstić information content (AvgIpc) is 3.26. The van der Waals surface area contributed by atoms with Crippen LogP contribution in [-0.4, -0.2) is 19.4 Å². The summed E-state index contributed by atoms with van der Waals surface area (Å²) in [6.07, 6.45) is 0.873. The van der Waals surface area contributed by atoms with E-state index in [-0.39, 0.29) is 16.6 Å². The lowest BCUT2D eigenvalue weighted by molar-refractivity contribution is -0.384. The summed E-state index contributed by atoms with van der Waals surface area (Å²) in [4.78, 5) is 10.3. The second-order valence-corrected chi connectivity index (χ2v) is 7.05. The number of primary sulfonamides is 1. The maximum atomic E-state index is 11.3. The number of rotatable bonds is 5. The van der Waals surface area contributed by atoms with Crippen molar-refractivity contribution in [3.8, 4) is 0 Å². The molecule has 2 aromatic carbocycles. The van der Waals surface area contributed by atoms with Gasteiger partial charge in [0.05, 0.1) is 9.82 Å². The molecule has 0 saturated heterocycles. The van der Waals surface area contributed by atoms with E-state index in [2.05, 4.69) is 5.32 Å². The van der Waals surface area contributed by atoms with Gasteiger partial charge in [-0.25, -0.2) is 13.6 Å². The van der Waals surface area contributed by atoms with Crippen LogP contribution in [0.1, 0.15) is 17.9 Å². The monoisotopic (exact) mass is 333 g/mol. The Kier molecular flexibility index (Phi) is 3.78. The molecule has 1 aliphatic carbocycles. The molecule has 120 valence electrons. The predicted molar refractivity (Wildman–Crippen MR) is 85.7 cm³/mol. The Bertz CT molecular complexity index is 852. The molecule has 0 aromatic heterocycles. The summed E-state index contributed by atoms with van der Waals surface area (Å²) in [5, 5.41) is 19.3. The minimum absolute atomic E-state index is 0.0939. The first-order chi connectivity index (χ1) is 10.9. The van der Waals surface area contributed by atoms with Crippen molar-refractivity contribution < 1.29 is 13.3 Å². The number of sulfonamides is 1. The van der Waals surface area contributed by atoms with E-state index in [0.29, 0.717) is 11.6 Å². The first-order valence-electron chi connectivity index (χ1n) is 6.99. The Morgan fingerprint density at radius 1 is 1.17 bits per heavy atom. The van der Waals surface area contributed by atoms with Crippen LogP contribution in [-0.2, 0) is 10.0 Å². The number of nitrogens with one attached hydrogen (secondary N) is 1. The molecule has 0 spiro atoms. The fourth-order valence-electron chi connectivity index (χ4n) is 2.58. The van der Waals surface area contributed by atoms with Gasteiger partial charge in [-0.05, 0) is 24.1 Å². The van der Waals surface area contributed by atoms with Crippen LogP contribution in [0, 0.1) is 10.1 Å². The molecule has 1 saturated carbocycles. The van der Waals surface area contributed by atoms with Gasteiger partial charge >= 0.3 is 0 Å². The van der Waals surface area contributed by atoms with Gasteiger partial charge in [-0.15, -0.1) is 0 Å². The maximum absolute atomic E-state index is 11.3. The standard InChI is InChI=1S/C15H15N3O4S/c16-23(21,22)11-6-7-13(15(8-11)18(19)20)17-14-9-12(14)10-4-2-1-3-5-10/h1-8,12,14,17H,9H2,(H2,16,21,22). The zero-order valence-electron chi connectivity index (χ0n) is 12.0. The van der Waals surface area contributed by atoms with Crippen molar-refractivity contribution in [1.29, 1.82) is 0 Å². The lowest BCUT2D eigenvalue weighted by atomic mass is 10.1. The fraction of sp³-hybridized carbons (Fsp3) is 0.200. The predicted octanol–water partition coefficient (Wildman–Crippen LogP) is 2.21. The number of nitro benzene ring substituents is 1. The highest BCUT2D eigenvalue weighted by Crippen LogP contribution is 2.44. The number of anilines is 1. The Balaban J connectivity index is 1.83. The highest BCUT2D eigenvalue weighted by Gasteiger charge is 2.39. The third-order valence-electron chi connectivity index (χ3n) is 3.85. The largest absolute Gasteiger partial charge is 0.376 e. The van der Waals surface area contributed by atoms with Crippen molar-refractivity contribution in [3.63, 3.8) is 0 Å². The van der Waals surface area contributed by atoms with Crippen molar-refractivity contribution in [2.45, 2.75) is 23.3 Å². The van der Waals surface area contributed by atoms with Crippen molar-refractivity contribution in [2.24, 2.45) is 5.14 Å². The summed E-state index contributed by atoms with van der Waals surface area (Å²) in [7, 11) is -3.97. The molecule has 7 nitrogen and oxygen atoms in total. The van der Waals surface area contributed by atoms with Gasteiger partial charge in [0.15, 0.2) is 0 Å². The number of hydrogen-bond donors (Lipinski definition) is 2. The summed E-state index contributed by atoms with van der Waals surface area (Å²) < 4.78 is 22.7. The van der Waals surface area contributed by atoms with Crippen molar-refractivity contribution in [2.75, 3.05) is 5.32 Å². The first-order valence-corrected chi connectivity index (χ1v) is 8.53. The SMILES string of the molecule is NS(=O)(=O)c1ccc(NC2CC2c2ccccc2)c([N+](=O)[O-])c1. The lowest BCUT2D eigenvalue weighted by Gasteiger charge is -2.08. The van der Waals surface area contributed by atoms with E-state index in [1.165, 1.54) is 17.7 Å². The summed E-state index contributed by atoms with van der Waals surface area (Å²) in [6.45, 7) is 0. The second-order valence-electron chi connectivity index (χ2n) is 5.48. The molecular weight excluding hydrogens is 318 g/mol. The number of benzene rings is 2. The number of nitrogens with two attached hydrogens (primary N) is 1. The summed E-state index contributed by atoms with van der Waals surface area (Å²) in [6, 6.07) is 13.6. The molecule has 2 atom stereocenters. The molecule has 1 fully saturated rings. The molecule has 3 rings (SSSR count). The molecule has 0 aliphatic heterocycles. The van der Waals surface area contributed by atoms with E-state index in [1.807, 2.05) is 30.3 Å². The Labute approximate surface area is 133 Å². The molecule has 0 bridgehead atoms. The van der Waals surface area contributed by atoms with Crippen LogP contribution in [0.3, 0.4) is 0 Å². The van der Waals surface area contributed by atoms with Gasteiger partial charge in [-0.1, -0.05) is 30.3 Å². The Hall–Kier alpha value is -2.45. The molecule has 2 aromatic rings. The van der Waals surface area contributed by atoms with Gasteiger partial charge in [0.25, 0.3) is 5.69 Å². The summed E-state index contributed by atoms with van der Waals surface area (Å²) >= 11 is 0. The summed E-state index contributed by atoms with van der Waals surface area (Å²) in [5.41, 5.74) is 1.18. The lowest BCUT2D eigenvalue weighted by Crippen LogP contribution is -2.13. The number of hydrogen-bond acceptors (Lipinski definition) is 5. The van der Waals surface area contributed by atoms with E-state index < -0.39 is 14.9 Å². The van der Waals surface area contributed by atoms with Crippen LogP contribution >= 0.6 is 0 Å². The van der Waals surface area contributed by atoms with Crippen molar-refractivity contribution in [3.05, 3.63) is 64.2 Å². The van der Waals surface area contributed by atoms with Crippen LogP contribution in [0.15, 0.2) is 53.4 Å². The zero-order valence-corrected chi connectivity index (χ0v) is 12.9. The minimum atomic E-state index is -3.97. The molecule has 8 heteroatoms. The zero-order chi connectivity index (χ0) is 16.6. The van der Waals surface area contributed by atoms with Gasteiger partial charge in [0.1, 0.15) is 5.69 Å². The van der Waals surface area contributed by atoms with E-state index in [1.54, 1.807) is 0 Å². The van der Waals surface area contributed by atoms with Crippen LogP contribution < -0.4 is 10.5 Å². The van der Waals surface area contributed by atoms with Gasteiger partial charge in [0.2, 0.25) is 10.0 Å². The van der Waals surface area contributed by atoms with Gasteiger partial charge in [0, 0.05) is 18.0 Å². The van der Waals surface area contributed by atoms with Crippen LogP contribution in [0.2, 0.25) is 0 Å². The van der Waals surface area contributed by atoms with Crippen molar-refractivity contribution >= 4 is 21.4 Å². The van der Waals surface area contributed by atoms with E-state index in [9.17, 15) is 18.5 Å². The number of nitrogens with zero attached hydrogens (tertiary/aromatic N) is 1. The smallest absolute Gasteiger partial charge is 0.293 e. The molecule has 0 amide bonds. The molecular formula is C15H15N3O4S. The van der Waals surface area contributed by atoms with Crippen LogP contribution in [0.25, 0.3) is 0 Å². The first kappa shape index (κ1) is 15.4. The average molecular weight is 333 g/mol. The molecule has 1 aliphatic rings. The summed E-state index contributed by atoms with van der Waals surface area (Å²) in [5.74, 6) is 0.300. The highest BCUT2D eigenvalue weighted by atomic mass is 32.2. The quantitative estimate of drug-likeness (QED) is 0.643. The highest BCUT2D eigenvalue weighted by molar-refractivity contribution is 7.89. The molecule has 0 radical (unpaired) electrons. The van der Waals surface area contributed by atoms with E-state index in [4.69, 9.17) is 5.14 Å². The number of nitro groups is 1. The fourth-order valence-corrected chi connectivity index (χ4v) is 3.12. The second kappa shape index (κ2) is 5.64. The Morgan fingerprint density at radius 2 is 1.87 bits per heavy atom. The third-order valence-corrected chi connectivity index (χ3v) is 4.76. The normalized spacial score (nSPS) is 20.0. The maximum Gasteiger partial charge on any atom is 0.293 e. The van der Waals surface area contributed by atoms with Crippen LogP contribution in [0.5, 0.6) is 0 Å². The van der Waals surface area contributed by atoms with Gasteiger partial charge in [-0.3, -0.25) is 10.1 Å².